The van der Waals surface area contributed by atoms with Crippen LogP contribution in [0.2, 0.25) is 5.02 Å². The van der Waals surface area contributed by atoms with E-state index in [1.165, 1.54) is 11.8 Å². The highest BCUT2D eigenvalue weighted by Gasteiger charge is 2.36. The monoisotopic (exact) mass is 446 g/mol. The van der Waals surface area contributed by atoms with Crippen LogP contribution in [0.1, 0.15) is 37.5 Å². The molecular weight excluding hydrogens is 428 g/mol. The minimum Gasteiger partial charge on any atom is -0.442 e. The zero-order valence-electron chi connectivity index (χ0n) is 16.1. The molecule has 0 aliphatic carbocycles. The number of nitrogens with one attached hydrogen (secondary N) is 1. The average molecular weight is 447 g/mol. The largest absolute Gasteiger partial charge is 0.442 e. The van der Waals surface area contributed by atoms with Crippen LogP contribution in [-0.2, 0) is 9.53 Å². The Morgan fingerprint density at radius 2 is 1.67 bits per heavy atom. The normalized spacial score (nSPS) is 13.7. The van der Waals surface area contributed by atoms with Gasteiger partial charge in [-0.3, -0.25) is 14.4 Å². The minimum absolute atomic E-state index is 0.272. The Morgan fingerprint density at radius 3 is 2.23 bits per heavy atom. The first-order valence-electron chi connectivity index (χ1n) is 9.09. The number of hydrogen-bond donors (Lipinski definition) is 1. The van der Waals surface area contributed by atoms with E-state index in [0.29, 0.717) is 22.8 Å². The van der Waals surface area contributed by atoms with Gasteiger partial charge in [-0.1, -0.05) is 23.7 Å². The van der Waals surface area contributed by atoms with Crippen LogP contribution >= 0.6 is 23.4 Å². The minimum atomic E-state index is -0.921. The maximum Gasteiger partial charge on any atom is 0.330 e. The van der Waals surface area contributed by atoms with E-state index in [9.17, 15) is 19.2 Å². The first kappa shape index (κ1) is 21.9. The third kappa shape index (κ3) is 4.83. The summed E-state index contributed by atoms with van der Waals surface area (Å²) in [6, 6.07) is 11.7. The lowest BCUT2D eigenvalue weighted by Gasteiger charge is -2.20. The van der Waals surface area contributed by atoms with Crippen molar-refractivity contribution in [3.8, 4) is 0 Å². The quantitative estimate of drug-likeness (QED) is 0.495. The predicted octanol–water partition coefficient (Wildman–Crippen LogP) is 2.99. The number of fused-ring (bicyclic) bond motifs is 1. The van der Waals surface area contributed by atoms with E-state index >= 15 is 0 Å². The SMILES string of the molecule is CSCC[C@@H](NC(=O)c1ccc(Cl)cc1)C(=O)OCN1C(=O)c2ccccc2C1=O. The van der Waals surface area contributed by atoms with Crippen molar-refractivity contribution in [3.63, 3.8) is 0 Å². The number of carbonyl (C=O) groups excluding carboxylic acids is 4. The van der Waals surface area contributed by atoms with E-state index in [-0.39, 0.29) is 11.1 Å². The topological polar surface area (TPSA) is 92.8 Å². The first-order chi connectivity index (χ1) is 14.4. The number of halogens is 1. The summed E-state index contributed by atoms with van der Waals surface area (Å²) >= 11 is 7.35. The zero-order valence-corrected chi connectivity index (χ0v) is 17.7. The summed E-state index contributed by atoms with van der Waals surface area (Å²) in [5, 5.41) is 3.14. The van der Waals surface area contributed by atoms with Gasteiger partial charge in [0.2, 0.25) is 0 Å². The molecule has 1 aliphatic heterocycles. The molecule has 1 heterocycles. The number of rotatable bonds is 8. The van der Waals surface area contributed by atoms with Gasteiger partial charge in [0, 0.05) is 10.6 Å². The standard InChI is InChI=1S/C21H19ClN2O5S/c1-30-11-10-17(23-18(25)13-6-8-14(22)9-7-13)21(28)29-12-24-19(26)15-4-2-3-5-16(15)20(24)27/h2-9,17H,10-12H2,1H3,(H,23,25)/t17-/m1/s1. The molecule has 3 rings (SSSR count). The van der Waals surface area contributed by atoms with Gasteiger partial charge < -0.3 is 10.1 Å². The second-order valence-corrected chi connectivity index (χ2v) is 7.91. The number of imide groups is 1. The lowest BCUT2D eigenvalue weighted by Crippen LogP contribution is -2.44. The molecular formula is C21H19ClN2O5S. The van der Waals surface area contributed by atoms with Gasteiger partial charge in [-0.2, -0.15) is 11.8 Å². The Kier molecular flexibility index (Phi) is 7.12. The van der Waals surface area contributed by atoms with Crippen molar-refractivity contribution in [2.45, 2.75) is 12.5 Å². The van der Waals surface area contributed by atoms with Crippen molar-refractivity contribution in [1.29, 1.82) is 0 Å². The molecule has 7 nitrogen and oxygen atoms in total. The molecule has 0 aromatic heterocycles. The lowest BCUT2D eigenvalue weighted by atomic mass is 10.1. The Labute approximate surface area is 182 Å². The van der Waals surface area contributed by atoms with Gasteiger partial charge in [0.25, 0.3) is 17.7 Å². The highest BCUT2D eigenvalue weighted by atomic mass is 35.5. The lowest BCUT2D eigenvalue weighted by molar-refractivity contribution is -0.148. The van der Waals surface area contributed by atoms with Gasteiger partial charge in [-0.05, 0) is 54.8 Å². The van der Waals surface area contributed by atoms with Crippen LogP contribution in [0.3, 0.4) is 0 Å². The van der Waals surface area contributed by atoms with E-state index in [0.717, 1.165) is 4.90 Å². The second kappa shape index (κ2) is 9.77. The van der Waals surface area contributed by atoms with E-state index < -0.39 is 36.5 Å². The number of benzene rings is 2. The van der Waals surface area contributed by atoms with Crippen LogP contribution in [0.4, 0.5) is 0 Å². The van der Waals surface area contributed by atoms with Crippen LogP contribution in [0.15, 0.2) is 48.5 Å². The van der Waals surface area contributed by atoms with Crippen molar-refractivity contribution in [2.75, 3.05) is 18.7 Å². The van der Waals surface area contributed by atoms with Crippen molar-refractivity contribution >= 4 is 47.1 Å². The van der Waals surface area contributed by atoms with Gasteiger partial charge in [0.1, 0.15) is 6.04 Å². The van der Waals surface area contributed by atoms with Crippen LogP contribution < -0.4 is 5.32 Å². The molecule has 0 spiro atoms. The summed E-state index contributed by atoms with van der Waals surface area (Å²) in [5.74, 6) is -1.60. The van der Waals surface area contributed by atoms with Crippen LogP contribution in [0.5, 0.6) is 0 Å². The third-order valence-electron chi connectivity index (χ3n) is 4.52. The zero-order chi connectivity index (χ0) is 21.7. The number of amides is 3. The van der Waals surface area contributed by atoms with Gasteiger partial charge in [0.15, 0.2) is 6.73 Å². The van der Waals surface area contributed by atoms with Crippen molar-refractivity contribution in [3.05, 3.63) is 70.2 Å². The van der Waals surface area contributed by atoms with E-state index in [1.54, 1.807) is 48.5 Å². The fraction of sp³-hybridized carbons (Fsp3) is 0.238. The van der Waals surface area contributed by atoms with Crippen molar-refractivity contribution in [2.24, 2.45) is 0 Å². The molecule has 2 aromatic carbocycles. The van der Waals surface area contributed by atoms with E-state index in [4.69, 9.17) is 16.3 Å². The van der Waals surface area contributed by atoms with Crippen molar-refractivity contribution in [1.82, 2.24) is 10.2 Å². The number of hydrogen-bond acceptors (Lipinski definition) is 6. The van der Waals surface area contributed by atoms with Crippen LogP contribution in [0.25, 0.3) is 0 Å². The molecule has 2 aromatic rings. The summed E-state index contributed by atoms with van der Waals surface area (Å²) in [5.41, 5.74) is 0.892. The van der Waals surface area contributed by atoms with Gasteiger partial charge in [-0.25, -0.2) is 9.69 Å². The maximum atomic E-state index is 12.6. The molecule has 0 unspecified atom stereocenters. The highest BCUT2D eigenvalue weighted by molar-refractivity contribution is 7.98. The summed E-state index contributed by atoms with van der Waals surface area (Å²) in [4.78, 5) is 50.7. The Bertz CT molecular complexity index is 945. The molecule has 0 saturated carbocycles. The number of carbonyl (C=O) groups is 4. The summed E-state index contributed by atoms with van der Waals surface area (Å²) in [6.45, 7) is -0.516. The molecule has 0 fully saturated rings. The van der Waals surface area contributed by atoms with Gasteiger partial charge in [-0.15, -0.1) is 0 Å². The highest BCUT2D eigenvalue weighted by Crippen LogP contribution is 2.22. The summed E-state index contributed by atoms with van der Waals surface area (Å²) < 4.78 is 5.21. The molecule has 156 valence electrons. The first-order valence-corrected chi connectivity index (χ1v) is 10.9. The molecule has 0 saturated heterocycles. The molecule has 1 N–H and O–H groups in total. The number of ether oxygens (including phenoxy) is 1. The average Bonchev–Trinajstić information content (AvgIpc) is 3.00. The molecule has 9 heteroatoms. The fourth-order valence-corrected chi connectivity index (χ4v) is 3.51. The van der Waals surface area contributed by atoms with Crippen LogP contribution in [0, 0.1) is 0 Å². The molecule has 0 bridgehead atoms. The van der Waals surface area contributed by atoms with E-state index in [1.807, 2.05) is 6.26 Å². The number of thioether (sulfide) groups is 1. The smallest absolute Gasteiger partial charge is 0.330 e. The molecule has 3 amide bonds. The van der Waals surface area contributed by atoms with Crippen LogP contribution in [-0.4, -0.2) is 53.4 Å². The summed E-state index contributed by atoms with van der Waals surface area (Å²) in [6.07, 6.45) is 2.21. The predicted molar refractivity (Wildman–Crippen MR) is 114 cm³/mol. The Morgan fingerprint density at radius 1 is 1.07 bits per heavy atom. The van der Waals surface area contributed by atoms with Crippen molar-refractivity contribution < 1.29 is 23.9 Å². The fourth-order valence-electron chi connectivity index (χ4n) is 2.91. The third-order valence-corrected chi connectivity index (χ3v) is 5.42. The molecule has 30 heavy (non-hydrogen) atoms. The second-order valence-electron chi connectivity index (χ2n) is 6.49. The van der Waals surface area contributed by atoms with Gasteiger partial charge in [0.05, 0.1) is 11.1 Å². The maximum absolute atomic E-state index is 12.6. The number of nitrogens with zero attached hydrogens (tertiary/aromatic N) is 1. The van der Waals surface area contributed by atoms with E-state index in [2.05, 4.69) is 5.32 Å². The molecule has 1 aliphatic rings. The molecule has 0 radical (unpaired) electrons. The van der Waals surface area contributed by atoms with Gasteiger partial charge >= 0.3 is 5.97 Å². The molecule has 1 atom stereocenters. The Hall–Kier alpha value is -2.84. The number of esters is 1. The Balaban J connectivity index is 1.64. The summed E-state index contributed by atoms with van der Waals surface area (Å²) in [7, 11) is 0.